The summed E-state index contributed by atoms with van der Waals surface area (Å²) >= 11 is 4.93. The predicted octanol–water partition coefficient (Wildman–Crippen LogP) is 1.27. The van der Waals surface area contributed by atoms with Crippen LogP contribution in [0.5, 0.6) is 0 Å². The average molecular weight is 239 g/mol. The van der Waals surface area contributed by atoms with Crippen LogP contribution in [0.15, 0.2) is 30.3 Å². The molecule has 0 heterocycles. The fraction of sp³-hybridized carbons (Fsp3) is 0.200. The third kappa shape index (κ3) is 3.09. The molecule has 0 aliphatic rings. The lowest BCUT2D eigenvalue weighted by Crippen LogP contribution is -2.49. The third-order valence-electron chi connectivity index (χ3n) is 1.81. The summed E-state index contributed by atoms with van der Waals surface area (Å²) in [5.41, 5.74) is 3.36. The Bertz CT molecular complexity index is 370. The minimum Gasteiger partial charge on any atom is -0.451 e. The molecule has 86 valence electrons. The van der Waals surface area contributed by atoms with Crippen molar-refractivity contribution < 1.29 is 9.53 Å². The quantitative estimate of drug-likeness (QED) is 0.571. The van der Waals surface area contributed by atoms with Crippen LogP contribution in [-0.2, 0) is 4.74 Å². The number of ether oxygens (including phenoxy) is 1. The van der Waals surface area contributed by atoms with E-state index in [0.717, 1.165) is 0 Å². The van der Waals surface area contributed by atoms with Crippen molar-refractivity contribution in [1.29, 1.82) is 0 Å². The molecule has 0 aliphatic carbocycles. The summed E-state index contributed by atoms with van der Waals surface area (Å²) in [6, 6.07) is 9.02. The first kappa shape index (κ1) is 12.3. The molecule has 0 unspecified atom stereocenters. The Morgan fingerprint density at radius 2 is 2.00 bits per heavy atom. The van der Waals surface area contributed by atoms with E-state index in [2.05, 4.69) is 15.5 Å². The molecule has 16 heavy (non-hydrogen) atoms. The summed E-state index contributed by atoms with van der Waals surface area (Å²) in [6.07, 6.45) is -0.538. The van der Waals surface area contributed by atoms with Gasteiger partial charge in [-0.15, -0.1) is 0 Å². The van der Waals surface area contributed by atoms with E-state index in [9.17, 15) is 4.79 Å². The number of thiocarbonyl (C=S) groups is 1. The highest BCUT2D eigenvalue weighted by molar-refractivity contribution is 7.80. The van der Waals surface area contributed by atoms with Gasteiger partial charge in [0.05, 0.1) is 12.8 Å². The zero-order chi connectivity index (χ0) is 12.0. The zero-order valence-corrected chi connectivity index (χ0v) is 9.88. The number of para-hydroxylation sites is 1. The van der Waals surface area contributed by atoms with E-state index in [1.54, 1.807) is 19.2 Å². The minimum absolute atomic E-state index is 0.328. The molecule has 0 radical (unpaired) electrons. The average Bonchev–Trinajstić information content (AvgIpc) is 2.35. The highest BCUT2D eigenvalue weighted by atomic mass is 32.1. The van der Waals surface area contributed by atoms with Gasteiger partial charge in [0, 0.05) is 7.05 Å². The molecule has 0 saturated heterocycles. The maximum absolute atomic E-state index is 11.5. The van der Waals surface area contributed by atoms with Crippen LogP contribution < -0.4 is 15.8 Å². The fourth-order valence-electron chi connectivity index (χ4n) is 1.04. The Hall–Kier alpha value is -1.82. The molecule has 0 aliphatic heterocycles. The Balaban J connectivity index is 2.88. The highest BCUT2D eigenvalue weighted by Crippen LogP contribution is 2.11. The number of nitrogens with one attached hydrogen (secondary N) is 2. The second-order valence-corrected chi connectivity index (χ2v) is 3.24. The van der Waals surface area contributed by atoms with Crippen LogP contribution in [0.1, 0.15) is 0 Å². The largest absolute Gasteiger partial charge is 0.451 e. The summed E-state index contributed by atoms with van der Waals surface area (Å²) in [7, 11) is 2.97. The van der Waals surface area contributed by atoms with Crippen LogP contribution >= 0.6 is 12.2 Å². The molecule has 0 fully saturated rings. The number of methoxy groups -OCH3 is 1. The second-order valence-electron chi connectivity index (χ2n) is 2.83. The van der Waals surface area contributed by atoms with Gasteiger partial charge in [-0.2, -0.15) is 5.01 Å². The molecule has 5 nitrogen and oxygen atoms in total. The van der Waals surface area contributed by atoms with E-state index in [0.29, 0.717) is 10.8 Å². The van der Waals surface area contributed by atoms with Crippen molar-refractivity contribution >= 4 is 29.1 Å². The molecular weight excluding hydrogens is 226 g/mol. The van der Waals surface area contributed by atoms with Crippen LogP contribution in [0, 0.1) is 0 Å². The number of benzene rings is 1. The number of anilines is 1. The van der Waals surface area contributed by atoms with Crippen molar-refractivity contribution in [3.63, 3.8) is 0 Å². The summed E-state index contributed by atoms with van der Waals surface area (Å²) in [4.78, 5) is 11.5. The van der Waals surface area contributed by atoms with E-state index in [-0.39, 0.29) is 0 Å². The first-order valence-corrected chi connectivity index (χ1v) is 5.01. The van der Waals surface area contributed by atoms with Crippen LogP contribution in [0.3, 0.4) is 0 Å². The molecule has 1 amide bonds. The summed E-state index contributed by atoms with van der Waals surface area (Å²) in [5, 5.41) is 4.26. The zero-order valence-electron chi connectivity index (χ0n) is 9.06. The van der Waals surface area contributed by atoms with Gasteiger partial charge in [0.25, 0.3) is 0 Å². The fourth-order valence-corrected chi connectivity index (χ4v) is 1.13. The predicted molar refractivity (Wildman–Crippen MR) is 66.1 cm³/mol. The van der Waals surface area contributed by atoms with Crippen molar-refractivity contribution in [2.75, 3.05) is 19.2 Å². The van der Waals surface area contributed by atoms with Crippen molar-refractivity contribution in [3.8, 4) is 0 Å². The Kier molecular flexibility index (Phi) is 4.53. The van der Waals surface area contributed by atoms with Crippen LogP contribution in [0.4, 0.5) is 10.5 Å². The van der Waals surface area contributed by atoms with E-state index in [1.807, 2.05) is 18.2 Å². The highest BCUT2D eigenvalue weighted by Gasteiger charge is 2.16. The monoisotopic (exact) mass is 239 g/mol. The number of amides is 1. The van der Waals surface area contributed by atoms with Gasteiger partial charge in [-0.05, 0) is 24.4 Å². The first-order chi connectivity index (χ1) is 7.69. The summed E-state index contributed by atoms with van der Waals surface area (Å²) in [6.45, 7) is 0. The Morgan fingerprint density at radius 1 is 1.38 bits per heavy atom. The lowest BCUT2D eigenvalue weighted by Gasteiger charge is -2.22. The molecule has 0 saturated carbocycles. The molecule has 0 atom stereocenters. The van der Waals surface area contributed by atoms with Crippen molar-refractivity contribution in [2.24, 2.45) is 0 Å². The molecule has 1 aromatic rings. The lowest BCUT2D eigenvalue weighted by molar-refractivity contribution is 0.177. The smallest absolute Gasteiger partial charge is 0.433 e. The maximum Gasteiger partial charge on any atom is 0.433 e. The van der Waals surface area contributed by atoms with Gasteiger partial charge < -0.3 is 10.1 Å². The molecule has 6 heteroatoms. The molecule has 1 rings (SSSR count). The lowest BCUT2D eigenvalue weighted by atomic mass is 10.3. The van der Waals surface area contributed by atoms with E-state index in [4.69, 9.17) is 12.2 Å². The van der Waals surface area contributed by atoms with E-state index < -0.39 is 6.09 Å². The maximum atomic E-state index is 11.5. The van der Waals surface area contributed by atoms with Crippen molar-refractivity contribution in [3.05, 3.63) is 30.3 Å². The van der Waals surface area contributed by atoms with Gasteiger partial charge in [-0.1, -0.05) is 18.2 Å². The molecule has 0 aromatic heterocycles. The molecular formula is C10H13N3O2S. The molecule has 1 aromatic carbocycles. The van der Waals surface area contributed by atoms with Crippen LogP contribution in [0.25, 0.3) is 0 Å². The number of carbonyl (C=O) groups excluding carboxylic acids is 1. The Labute approximate surface area is 99.4 Å². The number of rotatable bonds is 1. The molecule has 0 spiro atoms. The number of carbonyl (C=O) groups is 1. The summed E-state index contributed by atoms with van der Waals surface area (Å²) in [5.74, 6) is 0. The third-order valence-corrected chi connectivity index (χ3v) is 2.11. The second kappa shape index (κ2) is 5.92. The SMILES string of the molecule is CNC(=S)NN(C(=O)OC)c1ccccc1. The van der Waals surface area contributed by atoms with Gasteiger partial charge in [0.2, 0.25) is 0 Å². The van der Waals surface area contributed by atoms with Gasteiger partial charge in [0.1, 0.15) is 0 Å². The first-order valence-electron chi connectivity index (χ1n) is 4.60. The number of hydrogen-bond acceptors (Lipinski definition) is 3. The standard InChI is InChI=1S/C10H13N3O2S/c1-11-9(16)12-13(10(14)15-2)8-6-4-3-5-7-8/h3-7H,1-2H3,(H2,11,12,16). The van der Waals surface area contributed by atoms with E-state index >= 15 is 0 Å². The van der Waals surface area contributed by atoms with Gasteiger partial charge in [-0.25, -0.2) is 4.79 Å². The van der Waals surface area contributed by atoms with E-state index in [1.165, 1.54) is 12.1 Å². The number of hydrazine groups is 1. The van der Waals surface area contributed by atoms with Gasteiger partial charge in [0.15, 0.2) is 5.11 Å². The van der Waals surface area contributed by atoms with Gasteiger partial charge >= 0.3 is 6.09 Å². The normalized spacial score (nSPS) is 9.12. The van der Waals surface area contributed by atoms with Crippen LogP contribution in [-0.4, -0.2) is 25.4 Å². The Morgan fingerprint density at radius 3 is 2.50 bits per heavy atom. The van der Waals surface area contributed by atoms with Crippen LogP contribution in [0.2, 0.25) is 0 Å². The van der Waals surface area contributed by atoms with Gasteiger partial charge in [-0.3, -0.25) is 5.43 Å². The molecule has 2 N–H and O–H groups in total. The molecule has 0 bridgehead atoms. The summed E-state index contributed by atoms with van der Waals surface area (Å²) < 4.78 is 4.65. The van der Waals surface area contributed by atoms with Crippen molar-refractivity contribution in [2.45, 2.75) is 0 Å². The topological polar surface area (TPSA) is 53.6 Å². The minimum atomic E-state index is -0.538. The number of hydrogen-bond donors (Lipinski definition) is 2. The number of nitrogens with zero attached hydrogens (tertiary/aromatic N) is 1. The van der Waals surface area contributed by atoms with Crippen molar-refractivity contribution in [1.82, 2.24) is 10.7 Å².